The van der Waals surface area contributed by atoms with E-state index in [0.29, 0.717) is 38.3 Å². The maximum atomic E-state index is 13.5. The normalized spacial score (nSPS) is 21.4. The van der Waals surface area contributed by atoms with Crippen molar-refractivity contribution in [1.82, 2.24) is 20.0 Å². The van der Waals surface area contributed by atoms with Crippen LogP contribution in [-0.2, 0) is 9.53 Å². The van der Waals surface area contributed by atoms with Crippen LogP contribution >= 0.6 is 11.6 Å². The van der Waals surface area contributed by atoms with Crippen molar-refractivity contribution in [2.24, 2.45) is 5.92 Å². The van der Waals surface area contributed by atoms with Crippen molar-refractivity contribution in [1.29, 1.82) is 0 Å². The molecule has 0 aliphatic carbocycles. The van der Waals surface area contributed by atoms with Crippen molar-refractivity contribution < 1.29 is 18.7 Å². The van der Waals surface area contributed by atoms with Gasteiger partial charge in [-0.2, -0.15) is 5.10 Å². The van der Waals surface area contributed by atoms with Crippen LogP contribution in [0.3, 0.4) is 0 Å². The second-order valence-corrected chi connectivity index (χ2v) is 8.99. The van der Waals surface area contributed by atoms with Gasteiger partial charge < -0.3 is 14.5 Å². The number of likely N-dealkylation sites (tertiary alicyclic amines) is 1. The van der Waals surface area contributed by atoms with E-state index in [0.717, 1.165) is 29.3 Å². The zero-order valence-corrected chi connectivity index (χ0v) is 18.7. The molecule has 5 rings (SSSR count). The Balaban J connectivity index is 1.26. The van der Waals surface area contributed by atoms with Gasteiger partial charge in [0, 0.05) is 30.6 Å². The number of carbonyl (C=O) groups excluding carboxylic acids is 2. The van der Waals surface area contributed by atoms with Gasteiger partial charge in [0.25, 0.3) is 5.91 Å². The minimum absolute atomic E-state index is 0.0271. The van der Waals surface area contributed by atoms with Crippen molar-refractivity contribution in [2.45, 2.75) is 18.9 Å². The molecule has 2 aliphatic heterocycles. The molecule has 2 atom stereocenters. The predicted molar refractivity (Wildman–Crippen MR) is 121 cm³/mol. The van der Waals surface area contributed by atoms with E-state index in [-0.39, 0.29) is 28.9 Å². The molecule has 172 valence electrons. The third-order valence-corrected chi connectivity index (χ3v) is 6.73. The minimum Gasteiger partial charge on any atom is -0.370 e. The molecule has 0 radical (unpaired) electrons. The number of morpholine rings is 1. The Morgan fingerprint density at radius 2 is 2.00 bits per heavy atom. The summed E-state index contributed by atoms with van der Waals surface area (Å²) in [6, 6.07) is 9.96. The van der Waals surface area contributed by atoms with Crippen molar-refractivity contribution in [3.8, 4) is 0 Å². The molecule has 2 saturated heterocycles. The average Bonchev–Trinajstić information content (AvgIpc) is 3.33. The van der Waals surface area contributed by atoms with Gasteiger partial charge in [-0.25, -0.2) is 4.39 Å². The summed E-state index contributed by atoms with van der Waals surface area (Å²) >= 11 is 5.92. The van der Waals surface area contributed by atoms with Crippen LogP contribution in [0.5, 0.6) is 0 Å². The van der Waals surface area contributed by atoms with Gasteiger partial charge in [-0.05, 0) is 48.7 Å². The SMILES string of the molecule is O=C(c1ccc2[nH]ncc2c1)N1CCCC(C(=O)N2CCOC(c3ccc(F)c(Cl)c3)C2)C1. The van der Waals surface area contributed by atoms with E-state index >= 15 is 0 Å². The molecule has 9 heteroatoms. The molecular weight excluding hydrogens is 447 g/mol. The molecule has 2 unspecified atom stereocenters. The molecule has 7 nitrogen and oxygen atoms in total. The molecule has 2 fully saturated rings. The van der Waals surface area contributed by atoms with Crippen molar-refractivity contribution >= 4 is 34.3 Å². The monoisotopic (exact) mass is 470 g/mol. The van der Waals surface area contributed by atoms with E-state index in [1.54, 1.807) is 34.2 Å². The molecule has 3 heterocycles. The Hall–Kier alpha value is -2.97. The number of carbonyl (C=O) groups is 2. The maximum absolute atomic E-state index is 13.5. The highest BCUT2D eigenvalue weighted by atomic mass is 35.5. The number of amides is 2. The van der Waals surface area contributed by atoms with Gasteiger partial charge in [0.1, 0.15) is 11.9 Å². The first-order valence-electron chi connectivity index (χ1n) is 11.1. The maximum Gasteiger partial charge on any atom is 0.253 e. The first-order valence-corrected chi connectivity index (χ1v) is 11.4. The Labute approximate surface area is 195 Å². The molecular formula is C24H24ClFN4O3. The van der Waals surface area contributed by atoms with Crippen molar-refractivity contribution in [2.75, 3.05) is 32.8 Å². The quantitative estimate of drug-likeness (QED) is 0.631. The van der Waals surface area contributed by atoms with Crippen LogP contribution in [0.4, 0.5) is 4.39 Å². The van der Waals surface area contributed by atoms with Crippen molar-refractivity contribution in [3.63, 3.8) is 0 Å². The first-order chi connectivity index (χ1) is 16.0. The van der Waals surface area contributed by atoms with Crippen molar-refractivity contribution in [3.05, 3.63) is 64.6 Å². The fraction of sp³-hybridized carbons (Fsp3) is 0.375. The Morgan fingerprint density at radius 1 is 1.12 bits per heavy atom. The lowest BCUT2D eigenvalue weighted by Gasteiger charge is -2.38. The van der Waals surface area contributed by atoms with E-state index in [1.165, 1.54) is 6.07 Å². The number of ether oxygens (including phenoxy) is 1. The summed E-state index contributed by atoms with van der Waals surface area (Å²) < 4.78 is 19.3. The summed E-state index contributed by atoms with van der Waals surface area (Å²) in [7, 11) is 0. The van der Waals surface area contributed by atoms with Crippen LogP contribution in [0, 0.1) is 11.7 Å². The molecule has 33 heavy (non-hydrogen) atoms. The highest BCUT2D eigenvalue weighted by Gasteiger charge is 2.34. The molecule has 2 aliphatic rings. The zero-order chi connectivity index (χ0) is 22.9. The van der Waals surface area contributed by atoms with E-state index in [4.69, 9.17) is 16.3 Å². The average molecular weight is 471 g/mol. The van der Waals surface area contributed by atoms with Gasteiger partial charge in [0.15, 0.2) is 0 Å². The lowest BCUT2D eigenvalue weighted by molar-refractivity contribution is -0.144. The highest BCUT2D eigenvalue weighted by molar-refractivity contribution is 6.30. The van der Waals surface area contributed by atoms with Crippen LogP contribution in [0.2, 0.25) is 5.02 Å². The molecule has 0 bridgehead atoms. The Kier molecular flexibility index (Phi) is 6.03. The van der Waals surface area contributed by atoms with E-state index < -0.39 is 5.82 Å². The summed E-state index contributed by atoms with van der Waals surface area (Å²) in [6.07, 6.45) is 2.85. The third-order valence-electron chi connectivity index (χ3n) is 6.44. The van der Waals surface area contributed by atoms with Crippen LogP contribution in [0.25, 0.3) is 10.9 Å². The Bertz CT molecular complexity index is 1200. The van der Waals surface area contributed by atoms with Crippen LogP contribution < -0.4 is 0 Å². The first kappa shape index (κ1) is 21.9. The number of hydrogen-bond donors (Lipinski definition) is 1. The number of halogens is 2. The molecule has 2 amide bonds. The van der Waals surface area contributed by atoms with Gasteiger partial charge in [-0.3, -0.25) is 14.7 Å². The zero-order valence-electron chi connectivity index (χ0n) is 18.0. The van der Waals surface area contributed by atoms with E-state index in [1.807, 2.05) is 12.1 Å². The number of aromatic nitrogens is 2. The second kappa shape index (κ2) is 9.11. The number of H-pyrrole nitrogens is 1. The number of aromatic amines is 1. The predicted octanol–water partition coefficient (Wildman–Crippen LogP) is 3.81. The van der Waals surface area contributed by atoms with Gasteiger partial charge in [0.05, 0.1) is 35.8 Å². The molecule has 0 spiro atoms. The number of benzene rings is 2. The fourth-order valence-corrected chi connectivity index (χ4v) is 4.83. The topological polar surface area (TPSA) is 78.5 Å². The Morgan fingerprint density at radius 3 is 2.85 bits per heavy atom. The van der Waals surface area contributed by atoms with Crippen LogP contribution in [0.1, 0.15) is 34.9 Å². The van der Waals surface area contributed by atoms with Crippen LogP contribution in [0.15, 0.2) is 42.6 Å². The molecule has 1 N–H and O–H groups in total. The van der Waals surface area contributed by atoms with Gasteiger partial charge in [-0.15, -0.1) is 0 Å². The lowest BCUT2D eigenvalue weighted by atomic mass is 9.95. The summed E-state index contributed by atoms with van der Waals surface area (Å²) in [5.41, 5.74) is 2.22. The second-order valence-electron chi connectivity index (χ2n) is 8.58. The third kappa shape index (κ3) is 4.45. The summed E-state index contributed by atoms with van der Waals surface area (Å²) in [5.74, 6) is -0.783. The molecule has 1 aromatic heterocycles. The van der Waals surface area contributed by atoms with E-state index in [2.05, 4.69) is 10.2 Å². The molecule has 0 saturated carbocycles. The fourth-order valence-electron chi connectivity index (χ4n) is 4.64. The van der Waals surface area contributed by atoms with Gasteiger partial charge >= 0.3 is 0 Å². The lowest BCUT2D eigenvalue weighted by Crippen LogP contribution is -2.50. The van der Waals surface area contributed by atoms with E-state index in [9.17, 15) is 14.0 Å². The summed E-state index contributed by atoms with van der Waals surface area (Å²) in [4.78, 5) is 30.0. The van der Waals surface area contributed by atoms with Gasteiger partial charge in [0.2, 0.25) is 5.91 Å². The number of rotatable bonds is 3. The molecule has 2 aromatic carbocycles. The largest absolute Gasteiger partial charge is 0.370 e. The number of hydrogen-bond acceptors (Lipinski definition) is 4. The summed E-state index contributed by atoms with van der Waals surface area (Å²) in [6.45, 7) is 2.29. The van der Waals surface area contributed by atoms with Gasteiger partial charge in [-0.1, -0.05) is 17.7 Å². The number of nitrogens with zero attached hydrogens (tertiary/aromatic N) is 3. The highest BCUT2D eigenvalue weighted by Crippen LogP contribution is 2.28. The smallest absolute Gasteiger partial charge is 0.253 e. The molecule has 3 aromatic rings. The number of nitrogens with one attached hydrogen (secondary N) is 1. The standard InChI is InChI=1S/C24H24ClFN4O3/c25-19-11-15(3-5-20(19)26)22-14-30(8-9-33-22)24(32)17-2-1-7-29(13-17)23(31)16-4-6-21-18(10-16)12-27-28-21/h3-6,10-12,17,22H,1-2,7-9,13-14H2,(H,27,28). The van der Waals surface area contributed by atoms with Crippen LogP contribution in [-0.4, -0.2) is 64.6 Å². The minimum atomic E-state index is -0.483. The summed E-state index contributed by atoms with van der Waals surface area (Å²) in [5, 5.41) is 7.80. The number of fused-ring (bicyclic) bond motifs is 1. The number of piperidine rings is 1.